The number of non-ortho nitro benzene ring substituents is 1. The molecule has 34 heavy (non-hydrogen) atoms. The zero-order valence-corrected chi connectivity index (χ0v) is 20.5. The number of nitrogens with one attached hydrogen (secondary N) is 1. The van der Waals surface area contributed by atoms with E-state index in [2.05, 4.69) is 26.1 Å². The van der Waals surface area contributed by atoms with Gasteiger partial charge in [-0.1, -0.05) is 26.8 Å². The number of amides is 1. The van der Waals surface area contributed by atoms with Gasteiger partial charge in [0.05, 0.1) is 12.0 Å². The molecule has 0 saturated heterocycles. The highest BCUT2D eigenvalue weighted by Gasteiger charge is 2.28. The lowest BCUT2D eigenvalue weighted by molar-refractivity contribution is -0.384. The number of nitro benzene ring substituents is 1. The van der Waals surface area contributed by atoms with Crippen LogP contribution in [0.15, 0.2) is 48.0 Å². The minimum Gasteiger partial charge on any atom is -0.496 e. The minimum atomic E-state index is -0.477. The van der Waals surface area contributed by atoms with E-state index in [1.165, 1.54) is 37.5 Å². The fraction of sp³-hybridized carbons (Fsp3) is 0.385. The molecule has 2 aromatic carbocycles. The summed E-state index contributed by atoms with van der Waals surface area (Å²) >= 11 is 0. The fourth-order valence-electron chi connectivity index (χ4n) is 3.89. The number of nitrogens with zero attached hydrogens (tertiary/aromatic N) is 2. The summed E-state index contributed by atoms with van der Waals surface area (Å²) in [5, 5.41) is 23.3. The van der Waals surface area contributed by atoms with E-state index in [1.54, 1.807) is 18.2 Å². The van der Waals surface area contributed by atoms with Crippen molar-refractivity contribution in [3.63, 3.8) is 0 Å². The van der Waals surface area contributed by atoms with Crippen molar-refractivity contribution in [3.8, 4) is 17.6 Å². The highest BCUT2D eigenvalue weighted by atomic mass is 16.6. The van der Waals surface area contributed by atoms with Gasteiger partial charge < -0.3 is 14.8 Å². The van der Waals surface area contributed by atoms with Crippen LogP contribution in [0.3, 0.4) is 0 Å². The Bertz CT molecular complexity index is 1110. The summed E-state index contributed by atoms with van der Waals surface area (Å²) in [5.74, 6) is 0.608. The molecule has 0 spiro atoms. The maximum atomic E-state index is 12.8. The number of rotatable bonds is 9. The highest BCUT2D eigenvalue weighted by Crippen LogP contribution is 2.28. The second-order valence-electron chi connectivity index (χ2n) is 9.86. The first-order valence-corrected chi connectivity index (χ1v) is 10.8. The molecule has 8 nitrogen and oxygen atoms in total. The van der Waals surface area contributed by atoms with Crippen LogP contribution < -0.4 is 14.8 Å². The van der Waals surface area contributed by atoms with Crippen LogP contribution in [0.5, 0.6) is 11.5 Å². The summed E-state index contributed by atoms with van der Waals surface area (Å²) in [7, 11) is 1.53. The van der Waals surface area contributed by atoms with Gasteiger partial charge in [0, 0.05) is 23.2 Å². The number of hydrogen-bond donors (Lipinski definition) is 1. The summed E-state index contributed by atoms with van der Waals surface area (Å²) in [5.41, 5.74) is 0.847. The second kappa shape index (κ2) is 10.8. The average Bonchev–Trinajstić information content (AvgIpc) is 2.74. The van der Waals surface area contributed by atoms with Crippen LogP contribution >= 0.6 is 0 Å². The van der Waals surface area contributed by atoms with Gasteiger partial charge in [-0.2, -0.15) is 5.26 Å². The first-order valence-electron chi connectivity index (χ1n) is 10.8. The zero-order valence-electron chi connectivity index (χ0n) is 20.5. The summed E-state index contributed by atoms with van der Waals surface area (Å²) in [6.45, 7) is 10.3. The molecular weight excluding hydrogens is 434 g/mol. The molecule has 0 fully saturated rings. The van der Waals surface area contributed by atoms with Gasteiger partial charge in [0.25, 0.3) is 11.6 Å². The first kappa shape index (κ1) is 26.4. The highest BCUT2D eigenvalue weighted by molar-refractivity contribution is 6.02. The molecule has 0 unspecified atom stereocenters. The lowest BCUT2D eigenvalue weighted by Crippen LogP contribution is -2.46. The standard InChI is InChI=1S/C26H31N3O5/c1-25(2,3)17-26(4,5)28-24(30)19(15-27)13-18-7-12-23(33-6)20(14-18)16-34-22-10-8-21(9-11-22)29(31)32/h7-14H,16-17H2,1-6H3,(H,28,30)/b19-13+. The Hall–Kier alpha value is -3.86. The van der Waals surface area contributed by atoms with E-state index in [0.29, 0.717) is 22.6 Å². The maximum Gasteiger partial charge on any atom is 0.269 e. The Morgan fingerprint density at radius 2 is 1.79 bits per heavy atom. The molecule has 0 aliphatic carbocycles. The summed E-state index contributed by atoms with van der Waals surface area (Å²) in [6, 6.07) is 13.0. The predicted octanol–water partition coefficient (Wildman–Crippen LogP) is 5.42. The topological polar surface area (TPSA) is 114 Å². The molecule has 0 bridgehead atoms. The smallest absolute Gasteiger partial charge is 0.269 e. The number of carbonyl (C=O) groups excluding carboxylic acids is 1. The number of benzene rings is 2. The van der Waals surface area contributed by atoms with Crippen molar-refractivity contribution in [1.29, 1.82) is 5.26 Å². The molecule has 8 heteroatoms. The van der Waals surface area contributed by atoms with Gasteiger partial charge in [0.15, 0.2) is 0 Å². The molecule has 1 amide bonds. The Morgan fingerprint density at radius 3 is 2.32 bits per heavy atom. The molecule has 180 valence electrons. The SMILES string of the molecule is COc1ccc(/C=C(\C#N)C(=O)NC(C)(C)CC(C)(C)C)cc1COc1ccc([N+](=O)[O-])cc1. The summed E-state index contributed by atoms with van der Waals surface area (Å²) in [4.78, 5) is 23.1. The number of methoxy groups -OCH3 is 1. The molecule has 0 aromatic heterocycles. The van der Waals surface area contributed by atoms with Crippen molar-refractivity contribution < 1.29 is 19.2 Å². The molecule has 0 saturated carbocycles. The fourth-order valence-corrected chi connectivity index (χ4v) is 3.89. The van der Waals surface area contributed by atoms with E-state index in [4.69, 9.17) is 9.47 Å². The third-order valence-corrected chi connectivity index (χ3v) is 4.85. The normalized spacial score (nSPS) is 12.0. The van der Waals surface area contributed by atoms with Crippen molar-refractivity contribution in [3.05, 3.63) is 69.3 Å². The molecule has 0 aliphatic rings. The van der Waals surface area contributed by atoms with Crippen molar-refractivity contribution in [1.82, 2.24) is 5.32 Å². The Balaban J connectivity index is 2.21. The van der Waals surface area contributed by atoms with Crippen LogP contribution in [0, 0.1) is 26.9 Å². The van der Waals surface area contributed by atoms with Gasteiger partial charge >= 0.3 is 0 Å². The molecule has 2 aromatic rings. The Kier molecular flexibility index (Phi) is 8.41. The lowest BCUT2D eigenvalue weighted by atomic mass is 9.81. The van der Waals surface area contributed by atoms with E-state index in [1.807, 2.05) is 19.9 Å². The molecular formula is C26H31N3O5. The van der Waals surface area contributed by atoms with E-state index >= 15 is 0 Å². The van der Waals surface area contributed by atoms with Crippen LogP contribution in [0.25, 0.3) is 6.08 Å². The quantitative estimate of drug-likeness (QED) is 0.229. The molecule has 2 rings (SSSR count). The van der Waals surface area contributed by atoms with Gasteiger partial charge in [-0.25, -0.2) is 0 Å². The van der Waals surface area contributed by atoms with Crippen LogP contribution in [-0.2, 0) is 11.4 Å². The van der Waals surface area contributed by atoms with Gasteiger partial charge in [-0.15, -0.1) is 0 Å². The van der Waals surface area contributed by atoms with E-state index in [9.17, 15) is 20.2 Å². The van der Waals surface area contributed by atoms with Gasteiger partial charge in [-0.05, 0) is 61.6 Å². The van der Waals surface area contributed by atoms with Crippen LogP contribution in [0.1, 0.15) is 52.2 Å². The van der Waals surface area contributed by atoms with Crippen molar-refractivity contribution >= 4 is 17.7 Å². The third-order valence-electron chi connectivity index (χ3n) is 4.85. The van der Waals surface area contributed by atoms with Crippen LogP contribution in [0.4, 0.5) is 5.69 Å². The molecule has 0 aliphatic heterocycles. The average molecular weight is 466 g/mol. The number of nitro groups is 1. The Labute approximate surface area is 200 Å². The first-order chi connectivity index (χ1) is 15.8. The predicted molar refractivity (Wildman–Crippen MR) is 130 cm³/mol. The zero-order chi connectivity index (χ0) is 25.5. The monoisotopic (exact) mass is 465 g/mol. The van der Waals surface area contributed by atoms with Gasteiger partial charge in [-0.3, -0.25) is 14.9 Å². The molecule has 1 N–H and O–H groups in total. The molecule has 0 radical (unpaired) electrons. The lowest BCUT2D eigenvalue weighted by Gasteiger charge is -2.33. The summed E-state index contributed by atoms with van der Waals surface area (Å²) < 4.78 is 11.1. The van der Waals surface area contributed by atoms with E-state index in [0.717, 1.165) is 6.42 Å². The largest absolute Gasteiger partial charge is 0.496 e. The van der Waals surface area contributed by atoms with Crippen molar-refractivity contribution in [2.24, 2.45) is 5.41 Å². The van der Waals surface area contributed by atoms with Crippen molar-refractivity contribution in [2.45, 2.75) is 53.2 Å². The number of carbonyl (C=O) groups is 1. The number of nitriles is 1. The van der Waals surface area contributed by atoms with E-state index in [-0.39, 0.29) is 23.3 Å². The maximum absolute atomic E-state index is 12.8. The van der Waals surface area contributed by atoms with Crippen LogP contribution in [0.2, 0.25) is 0 Å². The second-order valence-corrected chi connectivity index (χ2v) is 9.86. The number of hydrogen-bond acceptors (Lipinski definition) is 6. The van der Waals surface area contributed by atoms with Crippen molar-refractivity contribution in [2.75, 3.05) is 7.11 Å². The molecule has 0 atom stereocenters. The van der Waals surface area contributed by atoms with Crippen LogP contribution in [-0.4, -0.2) is 23.5 Å². The van der Waals surface area contributed by atoms with E-state index < -0.39 is 16.4 Å². The molecule has 0 heterocycles. The number of ether oxygens (including phenoxy) is 2. The summed E-state index contributed by atoms with van der Waals surface area (Å²) in [6.07, 6.45) is 2.27. The van der Waals surface area contributed by atoms with Gasteiger partial charge in [0.2, 0.25) is 0 Å². The Morgan fingerprint density at radius 1 is 1.15 bits per heavy atom. The minimum absolute atomic E-state index is 0.00520. The third kappa shape index (κ3) is 7.93. The van der Waals surface area contributed by atoms with Gasteiger partial charge in [0.1, 0.15) is 29.7 Å².